The highest BCUT2D eigenvalue weighted by Gasteiger charge is 2.25. The summed E-state index contributed by atoms with van der Waals surface area (Å²) in [4.78, 5) is 24.3. The van der Waals surface area contributed by atoms with E-state index in [1.54, 1.807) is 12.1 Å². The van der Waals surface area contributed by atoms with Crippen molar-refractivity contribution >= 4 is 17.7 Å². The van der Waals surface area contributed by atoms with Crippen LogP contribution in [0.2, 0.25) is 0 Å². The fourth-order valence-electron chi connectivity index (χ4n) is 1.90. The Bertz CT molecular complexity index is 475. The number of carbonyl (C=O) groups excluding carboxylic acids is 1. The lowest BCUT2D eigenvalue weighted by molar-refractivity contribution is 0.0698. The Balaban J connectivity index is 2.09. The molecule has 3 N–H and O–H groups in total. The van der Waals surface area contributed by atoms with Crippen molar-refractivity contribution in [2.24, 2.45) is 0 Å². The van der Waals surface area contributed by atoms with Crippen molar-refractivity contribution in [3.63, 3.8) is 0 Å². The van der Waals surface area contributed by atoms with E-state index in [1.165, 1.54) is 17.0 Å². The highest BCUT2D eigenvalue weighted by molar-refractivity contribution is 6.00. The van der Waals surface area contributed by atoms with Gasteiger partial charge in [-0.2, -0.15) is 0 Å². The summed E-state index contributed by atoms with van der Waals surface area (Å²) in [6, 6.07) is 5.82. The van der Waals surface area contributed by atoms with E-state index in [0.29, 0.717) is 13.0 Å². The van der Waals surface area contributed by atoms with Crippen LogP contribution in [0.5, 0.6) is 0 Å². The molecule has 1 aromatic rings. The van der Waals surface area contributed by atoms with Crippen LogP contribution in [0, 0.1) is 0 Å². The highest BCUT2D eigenvalue weighted by atomic mass is 16.4. The molecule has 1 fully saturated rings. The number of nitrogens with zero attached hydrogens (tertiary/aromatic N) is 1. The minimum absolute atomic E-state index is 0.0468. The second-order valence-electron chi connectivity index (χ2n) is 4.17. The molecule has 6 heteroatoms. The first kappa shape index (κ1) is 12.4. The van der Waals surface area contributed by atoms with Gasteiger partial charge < -0.3 is 20.4 Å². The van der Waals surface area contributed by atoms with Crippen LogP contribution in [0.4, 0.5) is 10.5 Å². The summed E-state index contributed by atoms with van der Waals surface area (Å²) in [5, 5.41) is 20.9. The lowest BCUT2D eigenvalue weighted by atomic mass is 10.2. The van der Waals surface area contributed by atoms with E-state index in [9.17, 15) is 14.7 Å². The number of urea groups is 1. The molecule has 1 saturated heterocycles. The number of benzene rings is 1. The van der Waals surface area contributed by atoms with E-state index in [1.807, 2.05) is 0 Å². The third-order valence-corrected chi connectivity index (χ3v) is 2.85. The Morgan fingerprint density at radius 3 is 2.67 bits per heavy atom. The Kier molecular flexibility index (Phi) is 3.47. The van der Waals surface area contributed by atoms with Gasteiger partial charge in [-0.05, 0) is 18.6 Å². The van der Waals surface area contributed by atoms with Gasteiger partial charge in [0.1, 0.15) is 0 Å². The average molecular weight is 250 g/mol. The predicted molar refractivity (Wildman–Crippen MR) is 64.6 cm³/mol. The maximum absolute atomic E-state index is 11.8. The van der Waals surface area contributed by atoms with Crippen LogP contribution >= 0.6 is 0 Å². The molecule has 0 bridgehead atoms. The number of aliphatic hydroxyl groups excluding tert-OH is 1. The molecular weight excluding hydrogens is 236 g/mol. The van der Waals surface area contributed by atoms with Crippen molar-refractivity contribution < 1.29 is 19.8 Å². The second kappa shape index (κ2) is 5.05. The third-order valence-electron chi connectivity index (χ3n) is 2.85. The quantitative estimate of drug-likeness (QED) is 0.730. The van der Waals surface area contributed by atoms with Crippen LogP contribution in [-0.4, -0.2) is 46.3 Å². The van der Waals surface area contributed by atoms with Gasteiger partial charge in [-0.3, -0.25) is 0 Å². The maximum Gasteiger partial charge on any atom is 0.337 e. The standard InChI is InChI=1S/C12H14N2O4/c15-8-5-6-14(7-8)12(18)13-10-4-2-1-3-9(10)11(16)17/h1-4,8,15H,5-7H2,(H,13,18)(H,16,17). The summed E-state index contributed by atoms with van der Waals surface area (Å²) >= 11 is 0. The van der Waals surface area contributed by atoms with Crippen LogP contribution in [0.25, 0.3) is 0 Å². The van der Waals surface area contributed by atoms with E-state index in [-0.39, 0.29) is 23.8 Å². The maximum atomic E-state index is 11.8. The van der Waals surface area contributed by atoms with E-state index in [0.717, 1.165) is 0 Å². The molecule has 1 unspecified atom stereocenters. The van der Waals surface area contributed by atoms with E-state index < -0.39 is 12.1 Å². The van der Waals surface area contributed by atoms with Gasteiger partial charge in [0.15, 0.2) is 0 Å². The van der Waals surface area contributed by atoms with Gasteiger partial charge in [0.2, 0.25) is 0 Å². The number of hydrogen-bond acceptors (Lipinski definition) is 3. The number of rotatable bonds is 2. The molecule has 6 nitrogen and oxygen atoms in total. The van der Waals surface area contributed by atoms with E-state index in [2.05, 4.69) is 5.32 Å². The summed E-state index contributed by atoms with van der Waals surface area (Å²) in [5.41, 5.74) is 0.307. The highest BCUT2D eigenvalue weighted by Crippen LogP contribution is 2.17. The van der Waals surface area contributed by atoms with Gasteiger partial charge in [-0.15, -0.1) is 0 Å². The van der Waals surface area contributed by atoms with Crippen LogP contribution in [0.15, 0.2) is 24.3 Å². The Labute approximate surface area is 104 Å². The molecule has 0 radical (unpaired) electrons. The minimum Gasteiger partial charge on any atom is -0.478 e. The molecule has 18 heavy (non-hydrogen) atoms. The van der Waals surface area contributed by atoms with E-state index in [4.69, 9.17) is 5.11 Å². The van der Waals surface area contributed by atoms with Crippen LogP contribution in [0.3, 0.4) is 0 Å². The van der Waals surface area contributed by atoms with Crippen molar-refractivity contribution in [3.05, 3.63) is 29.8 Å². The molecule has 2 amide bonds. The molecule has 1 aliphatic heterocycles. The van der Waals surface area contributed by atoms with E-state index >= 15 is 0 Å². The third kappa shape index (κ3) is 2.60. The first-order chi connectivity index (χ1) is 8.58. The van der Waals surface area contributed by atoms with Crippen molar-refractivity contribution in [3.8, 4) is 0 Å². The number of β-amino-alcohol motifs (C(OH)–C–C–N with tert-alkyl or cyclic N) is 1. The topological polar surface area (TPSA) is 89.9 Å². The number of aliphatic hydroxyl groups is 1. The molecule has 2 rings (SSSR count). The summed E-state index contributed by atoms with van der Waals surface area (Å²) in [6.45, 7) is 0.753. The van der Waals surface area contributed by atoms with Gasteiger partial charge in [-0.25, -0.2) is 9.59 Å². The molecule has 1 heterocycles. The SMILES string of the molecule is O=C(O)c1ccccc1NC(=O)N1CCC(O)C1. The van der Waals surface area contributed by atoms with Gasteiger partial charge in [0, 0.05) is 13.1 Å². The van der Waals surface area contributed by atoms with Gasteiger partial charge in [-0.1, -0.05) is 12.1 Å². The normalized spacial score (nSPS) is 18.7. The lowest BCUT2D eigenvalue weighted by Crippen LogP contribution is -2.34. The summed E-state index contributed by atoms with van der Waals surface area (Å²) < 4.78 is 0. The molecule has 1 aromatic carbocycles. The zero-order valence-corrected chi connectivity index (χ0v) is 9.67. The van der Waals surface area contributed by atoms with Crippen molar-refractivity contribution in [2.45, 2.75) is 12.5 Å². The second-order valence-corrected chi connectivity index (χ2v) is 4.17. The van der Waals surface area contributed by atoms with Crippen LogP contribution in [-0.2, 0) is 0 Å². The minimum atomic E-state index is -1.09. The Hall–Kier alpha value is -2.08. The Morgan fingerprint density at radius 1 is 1.33 bits per heavy atom. The van der Waals surface area contributed by atoms with Crippen molar-refractivity contribution in [1.29, 1.82) is 0 Å². The Morgan fingerprint density at radius 2 is 2.06 bits per heavy atom. The zero-order valence-electron chi connectivity index (χ0n) is 9.67. The van der Waals surface area contributed by atoms with Gasteiger partial charge in [0.05, 0.1) is 17.4 Å². The number of hydrogen-bond donors (Lipinski definition) is 3. The van der Waals surface area contributed by atoms with Gasteiger partial charge in [0.25, 0.3) is 0 Å². The molecular formula is C12H14N2O4. The number of nitrogens with one attached hydrogen (secondary N) is 1. The van der Waals surface area contributed by atoms with Gasteiger partial charge >= 0.3 is 12.0 Å². The smallest absolute Gasteiger partial charge is 0.337 e. The first-order valence-corrected chi connectivity index (χ1v) is 5.64. The number of amides is 2. The average Bonchev–Trinajstić information content (AvgIpc) is 2.76. The van der Waals surface area contributed by atoms with Crippen LogP contribution < -0.4 is 5.32 Å². The number of carboxylic acid groups (broad SMARTS) is 1. The van der Waals surface area contributed by atoms with Crippen molar-refractivity contribution in [1.82, 2.24) is 4.90 Å². The number of carboxylic acids is 1. The van der Waals surface area contributed by atoms with Crippen LogP contribution in [0.1, 0.15) is 16.8 Å². The summed E-state index contributed by atoms with van der Waals surface area (Å²) in [7, 11) is 0. The fourth-order valence-corrected chi connectivity index (χ4v) is 1.90. The molecule has 0 aliphatic carbocycles. The molecule has 1 aliphatic rings. The van der Waals surface area contributed by atoms with Crippen molar-refractivity contribution in [2.75, 3.05) is 18.4 Å². The molecule has 0 spiro atoms. The fraction of sp³-hybridized carbons (Fsp3) is 0.333. The monoisotopic (exact) mass is 250 g/mol. The number of carbonyl (C=O) groups is 2. The number of anilines is 1. The summed E-state index contributed by atoms with van der Waals surface area (Å²) in [6.07, 6.45) is 0.0547. The molecule has 0 saturated carbocycles. The zero-order chi connectivity index (χ0) is 13.1. The first-order valence-electron chi connectivity index (χ1n) is 5.64. The summed E-state index contributed by atoms with van der Waals surface area (Å²) in [5.74, 6) is -1.09. The number of aromatic carboxylic acids is 1. The number of likely N-dealkylation sites (tertiary alicyclic amines) is 1. The lowest BCUT2D eigenvalue weighted by Gasteiger charge is -2.17. The predicted octanol–water partition coefficient (Wildman–Crippen LogP) is 0.983. The molecule has 0 aromatic heterocycles. The number of para-hydroxylation sites is 1. The molecule has 96 valence electrons. The largest absolute Gasteiger partial charge is 0.478 e. The molecule has 1 atom stereocenters.